The number of fused-ring (bicyclic) bond motifs is 5. The number of nitrogens with one attached hydrogen (secondary N) is 6. The number of hydrogen-bond donors (Lipinski definition) is 6. The van der Waals surface area contributed by atoms with Crippen molar-refractivity contribution in [1.82, 2.24) is 46.4 Å². The van der Waals surface area contributed by atoms with Crippen LogP contribution in [0.25, 0.3) is 22.3 Å². The highest BCUT2D eigenvalue weighted by Gasteiger charge is 2.38. The van der Waals surface area contributed by atoms with Crippen LogP contribution in [0.5, 0.6) is 0 Å². The molecule has 2 aromatic carbocycles. The first kappa shape index (κ1) is 52.2. The van der Waals surface area contributed by atoms with E-state index in [0.29, 0.717) is 82.2 Å². The third kappa shape index (κ3) is 11.7. The summed E-state index contributed by atoms with van der Waals surface area (Å²) in [6, 6.07) is 10.0. The number of imide groups is 1. The van der Waals surface area contributed by atoms with Gasteiger partial charge >= 0.3 is 5.97 Å². The fourth-order valence-electron chi connectivity index (χ4n) is 9.52. The van der Waals surface area contributed by atoms with Crippen molar-refractivity contribution in [3.8, 4) is 11.4 Å². The summed E-state index contributed by atoms with van der Waals surface area (Å²) >= 11 is 0. The Morgan fingerprint density at radius 3 is 2.31 bits per heavy atom. The maximum absolute atomic E-state index is 15.3. The summed E-state index contributed by atoms with van der Waals surface area (Å²) in [4.78, 5) is 133. The van der Waals surface area contributed by atoms with Crippen LogP contribution < -0.4 is 37.5 Å². The van der Waals surface area contributed by atoms with Gasteiger partial charge in [-0.05, 0) is 60.9 Å². The van der Waals surface area contributed by atoms with E-state index in [1.165, 1.54) is 29.9 Å². The largest absolute Gasteiger partial charge is 0.458 e. The van der Waals surface area contributed by atoms with Gasteiger partial charge in [-0.25, -0.2) is 14.2 Å². The number of carbonyl (C=O) groups excluding carboxylic acids is 9. The minimum absolute atomic E-state index is 0.0421. The van der Waals surface area contributed by atoms with E-state index in [9.17, 15) is 47.9 Å². The maximum Gasteiger partial charge on any atom is 0.340 e. The lowest BCUT2D eigenvalue weighted by Crippen LogP contribution is -2.52. The van der Waals surface area contributed by atoms with Gasteiger partial charge in [-0.2, -0.15) is 0 Å². The summed E-state index contributed by atoms with van der Waals surface area (Å²) in [6.07, 6.45) is 3.81. The zero-order valence-electron chi connectivity index (χ0n) is 40.6. The second kappa shape index (κ2) is 23.1. The number of esters is 1. The zero-order valence-corrected chi connectivity index (χ0v) is 40.6. The molecule has 3 atom stereocenters. The van der Waals surface area contributed by atoms with Crippen LogP contribution in [0.1, 0.15) is 83.2 Å². The Kier molecular flexibility index (Phi) is 16.3. The van der Waals surface area contributed by atoms with Crippen LogP contribution in [0.4, 0.5) is 4.39 Å². The molecule has 0 saturated carbocycles. The van der Waals surface area contributed by atoms with Gasteiger partial charge in [-0.3, -0.25) is 48.1 Å². The molecule has 5 heterocycles. The lowest BCUT2D eigenvalue weighted by atomic mass is 9.81. The highest BCUT2D eigenvalue weighted by molar-refractivity contribution is 6.12. The molecule has 388 valence electrons. The number of hydrogen-bond acceptors (Lipinski definition) is 14. The number of ether oxygens (including phenoxy) is 3. The predicted molar refractivity (Wildman–Crippen MR) is 258 cm³/mol. The van der Waals surface area contributed by atoms with Crippen LogP contribution in [0, 0.1) is 12.7 Å². The van der Waals surface area contributed by atoms with Crippen molar-refractivity contribution in [2.24, 2.45) is 0 Å². The van der Waals surface area contributed by atoms with Crippen molar-refractivity contribution >= 4 is 64.1 Å². The van der Waals surface area contributed by atoms with E-state index >= 15 is 4.39 Å². The molecule has 4 aliphatic rings. The number of benzene rings is 2. The zero-order chi connectivity index (χ0) is 52.6. The van der Waals surface area contributed by atoms with E-state index in [-0.39, 0.29) is 55.5 Å². The molecule has 4 aromatic rings. The van der Waals surface area contributed by atoms with E-state index in [4.69, 9.17) is 19.2 Å². The molecule has 23 heteroatoms. The van der Waals surface area contributed by atoms with Crippen LogP contribution >= 0.6 is 0 Å². The molecule has 0 saturated heterocycles. The molecular formula is C51H54FN9O13. The first-order chi connectivity index (χ1) is 35.6. The fourth-order valence-corrected chi connectivity index (χ4v) is 9.52. The summed E-state index contributed by atoms with van der Waals surface area (Å²) in [5.41, 5.74) is 4.66. The molecule has 2 unspecified atom stereocenters. The van der Waals surface area contributed by atoms with Crippen molar-refractivity contribution in [3.63, 3.8) is 0 Å². The number of aromatic nitrogens is 2. The Bertz CT molecular complexity index is 3030. The SMILES string of the molecule is COC1C(=O)OCc2c1cc1n(c2=O)Cc2c-1nc1cc(F)c(C)c3c1c2[C@@H](NC(=O)COCNC(=O)CNC(=O)C(Cc1ccccc1)NC(=O)CNC(=O)CNC(=O)CCCCCN1C(=O)C=CC1=O)CC3. The Balaban J connectivity index is 0.798. The number of unbranched alkanes of at least 4 members (excludes halogenated alkanes) is 2. The summed E-state index contributed by atoms with van der Waals surface area (Å²) in [5.74, 6) is -5.49. The van der Waals surface area contributed by atoms with Gasteiger partial charge in [0.05, 0.1) is 54.7 Å². The molecule has 8 amide bonds. The van der Waals surface area contributed by atoms with E-state index in [2.05, 4.69) is 31.9 Å². The first-order valence-corrected chi connectivity index (χ1v) is 24.0. The van der Waals surface area contributed by atoms with Crippen LogP contribution in [0.15, 0.2) is 59.4 Å². The smallest absolute Gasteiger partial charge is 0.340 e. The molecular weight excluding hydrogens is 966 g/mol. The second-order valence-electron chi connectivity index (χ2n) is 18.1. The van der Waals surface area contributed by atoms with Crippen molar-refractivity contribution in [3.05, 3.63) is 110 Å². The van der Waals surface area contributed by atoms with Crippen molar-refractivity contribution in [2.45, 2.75) is 83.2 Å². The van der Waals surface area contributed by atoms with E-state index < -0.39 is 98.4 Å². The third-order valence-electron chi connectivity index (χ3n) is 13.2. The number of rotatable bonds is 22. The number of cyclic esters (lactones) is 1. The molecule has 22 nitrogen and oxygen atoms in total. The van der Waals surface area contributed by atoms with E-state index in [1.54, 1.807) is 43.3 Å². The molecule has 2 aromatic heterocycles. The number of amides is 8. The molecule has 3 aliphatic heterocycles. The molecule has 8 rings (SSSR count). The monoisotopic (exact) mass is 1020 g/mol. The van der Waals surface area contributed by atoms with Crippen molar-refractivity contribution in [1.29, 1.82) is 0 Å². The van der Waals surface area contributed by atoms with Crippen molar-refractivity contribution < 1.29 is 61.8 Å². The topological polar surface area (TPSA) is 292 Å². The number of halogens is 1. The summed E-state index contributed by atoms with van der Waals surface area (Å²) in [6.45, 7) is -0.514. The van der Waals surface area contributed by atoms with Gasteiger partial charge in [-0.1, -0.05) is 36.8 Å². The number of carbonyl (C=O) groups is 9. The van der Waals surface area contributed by atoms with E-state index in [1.807, 2.05) is 0 Å². The molecule has 0 fully saturated rings. The molecule has 6 N–H and O–H groups in total. The number of methoxy groups -OCH3 is 1. The number of aryl methyl sites for hydroxylation is 1. The van der Waals surface area contributed by atoms with Gasteiger partial charge in [0.25, 0.3) is 17.4 Å². The van der Waals surface area contributed by atoms with Crippen LogP contribution in [-0.4, -0.2) is 120 Å². The summed E-state index contributed by atoms with van der Waals surface area (Å²) in [7, 11) is 1.34. The lowest BCUT2D eigenvalue weighted by Gasteiger charge is -2.29. The Labute approximate surface area is 422 Å². The average Bonchev–Trinajstić information content (AvgIpc) is 3.94. The summed E-state index contributed by atoms with van der Waals surface area (Å²) in [5, 5.41) is 16.1. The van der Waals surface area contributed by atoms with Crippen molar-refractivity contribution in [2.75, 3.05) is 46.6 Å². The lowest BCUT2D eigenvalue weighted by molar-refractivity contribution is -0.159. The molecule has 0 bridgehead atoms. The number of pyridine rings is 2. The molecule has 0 spiro atoms. The van der Waals surface area contributed by atoms with Gasteiger partial charge in [0.15, 0.2) is 6.10 Å². The predicted octanol–water partition coefficient (Wildman–Crippen LogP) is 0.372. The molecule has 0 radical (unpaired) electrons. The maximum atomic E-state index is 15.3. The van der Waals surface area contributed by atoms with Crippen LogP contribution in [0.2, 0.25) is 0 Å². The second-order valence-corrected chi connectivity index (χ2v) is 18.1. The van der Waals surface area contributed by atoms with Gasteiger partial charge < -0.3 is 50.7 Å². The molecule has 74 heavy (non-hydrogen) atoms. The third-order valence-corrected chi connectivity index (χ3v) is 13.2. The Hall–Kier alpha value is -8.18. The average molecular weight is 1020 g/mol. The van der Waals surface area contributed by atoms with Gasteiger partial charge in [0.2, 0.25) is 35.4 Å². The molecule has 1 aliphatic carbocycles. The fraction of sp³-hybridized carbons (Fsp3) is 0.392. The number of nitrogens with zero attached hydrogens (tertiary/aromatic N) is 3. The van der Waals surface area contributed by atoms with Crippen LogP contribution in [0.3, 0.4) is 0 Å². The van der Waals surface area contributed by atoms with Gasteiger partial charge in [0, 0.05) is 61.2 Å². The Morgan fingerprint density at radius 2 is 1.55 bits per heavy atom. The van der Waals surface area contributed by atoms with Gasteiger partial charge in [-0.15, -0.1) is 0 Å². The standard InChI is InChI=1S/C51H54FN9O13/c1-27-29-12-13-34(46-31-23-61-37(47(31)59-35(45(29)46)19-33(27)52)18-30-32(50(61)70)24-74-51(71)48(30)72-2)57-42(66)25-73-26-56-40(64)21-55-49(69)36(17-28-9-5-3-6-10-28)58-41(65)22-54-39(63)20-53-38(62)11-7-4-8-16-60-43(67)14-15-44(60)68/h3,5-6,9-10,14-15,18-19,34,36,48H,4,7-8,11-13,16-17,20-26H2,1-2H3,(H,53,62)(H,54,63)(H,55,69)(H,56,64)(H,57,66)(H,58,65)/t34-,36?,48?/m0/s1. The van der Waals surface area contributed by atoms with Crippen LogP contribution in [-0.2, 0) is 83.4 Å². The highest BCUT2D eigenvalue weighted by Crippen LogP contribution is 2.45. The first-order valence-electron chi connectivity index (χ1n) is 24.0. The minimum Gasteiger partial charge on any atom is -0.458 e. The summed E-state index contributed by atoms with van der Waals surface area (Å²) < 4.78 is 33.0. The minimum atomic E-state index is -1.16. The Morgan fingerprint density at radius 1 is 0.838 bits per heavy atom. The highest BCUT2D eigenvalue weighted by atomic mass is 19.1. The normalized spacial score (nSPS) is 16.4. The van der Waals surface area contributed by atoms with E-state index in [0.717, 1.165) is 10.5 Å². The van der Waals surface area contributed by atoms with Gasteiger partial charge in [0.1, 0.15) is 31.8 Å². The quantitative estimate of drug-likeness (QED) is 0.0237.